The molecule has 1 N–H and O–H groups in total. The Balaban J connectivity index is 2.80. The van der Waals surface area contributed by atoms with Crippen LogP contribution >= 0.6 is 0 Å². The summed E-state index contributed by atoms with van der Waals surface area (Å²) >= 11 is 0. The lowest BCUT2D eigenvalue weighted by Gasteiger charge is -2.35. The highest BCUT2D eigenvalue weighted by Crippen LogP contribution is 2.16. The number of hydrogen-bond acceptors (Lipinski definition) is 4. The van der Waals surface area contributed by atoms with Crippen molar-refractivity contribution in [1.82, 2.24) is 14.7 Å². The van der Waals surface area contributed by atoms with E-state index in [1.807, 2.05) is 32.9 Å². The van der Waals surface area contributed by atoms with E-state index in [9.17, 15) is 4.79 Å². The molecule has 0 bridgehead atoms. The van der Waals surface area contributed by atoms with Crippen LogP contribution in [0.15, 0.2) is 59.9 Å². The van der Waals surface area contributed by atoms with Gasteiger partial charge in [-0.2, -0.15) is 0 Å². The summed E-state index contributed by atoms with van der Waals surface area (Å²) in [6.07, 6.45) is 6.68. The zero-order chi connectivity index (χ0) is 20.4. The summed E-state index contributed by atoms with van der Waals surface area (Å²) in [5.74, 6) is -0.949. The number of likely N-dealkylation sites (N-methyl/N-ethyl adjacent to an activating group) is 1. The Hall–Kier alpha value is -2.11. The van der Waals surface area contributed by atoms with Crippen molar-refractivity contribution in [3.63, 3.8) is 0 Å². The molecule has 0 spiro atoms. The molecule has 0 saturated carbocycles. The van der Waals surface area contributed by atoms with Gasteiger partial charge in [0.25, 0.3) is 0 Å². The molecular formula is C22H35N3O2. The highest BCUT2D eigenvalue weighted by molar-refractivity contribution is 5.80. The molecule has 27 heavy (non-hydrogen) atoms. The minimum Gasteiger partial charge on any atom is -0.478 e. The van der Waals surface area contributed by atoms with E-state index in [0.29, 0.717) is 0 Å². The Morgan fingerprint density at radius 2 is 1.78 bits per heavy atom. The molecule has 1 rings (SSSR count). The van der Waals surface area contributed by atoms with E-state index in [0.717, 1.165) is 74.3 Å². The first-order chi connectivity index (χ1) is 12.7. The van der Waals surface area contributed by atoms with Crippen LogP contribution in [0, 0.1) is 0 Å². The van der Waals surface area contributed by atoms with Gasteiger partial charge in [0.05, 0.1) is 0 Å². The quantitative estimate of drug-likeness (QED) is 0.471. The topological polar surface area (TPSA) is 47.0 Å². The molecule has 5 nitrogen and oxygen atoms in total. The lowest BCUT2D eigenvalue weighted by Crippen LogP contribution is -2.46. The first-order valence-electron chi connectivity index (χ1n) is 9.48. The number of carbonyl (C=O) groups is 1. The van der Waals surface area contributed by atoms with Crippen LogP contribution in [0.4, 0.5) is 0 Å². The summed E-state index contributed by atoms with van der Waals surface area (Å²) in [5, 5.41) is 8.85. The number of carboxylic acids is 1. The van der Waals surface area contributed by atoms with E-state index < -0.39 is 5.97 Å². The SMILES string of the molecule is C=C(C)\C(=C/C(=C\C)/C=C/C(=O)O)CN(CCN1CCN(C)CC1)C(=C)C. The number of hydrogen-bond donors (Lipinski definition) is 1. The standard InChI is InChI=1S/C22H35N3O2/c1-7-20(8-9-22(26)27)16-21(18(2)3)17-25(19(4)5)15-14-24-12-10-23(6)11-13-24/h7-9,16H,2,4,10-15,17H2,1,3,5-6H3,(H,26,27)/b9-8+,20-7-,21-16-. The number of aliphatic carboxylic acids is 1. The van der Waals surface area contributed by atoms with Gasteiger partial charge in [-0.15, -0.1) is 0 Å². The molecule has 0 aliphatic carbocycles. The van der Waals surface area contributed by atoms with E-state index in [1.165, 1.54) is 0 Å². The van der Waals surface area contributed by atoms with Crippen LogP contribution < -0.4 is 0 Å². The van der Waals surface area contributed by atoms with Crippen LogP contribution in [-0.2, 0) is 4.79 Å². The monoisotopic (exact) mass is 373 g/mol. The van der Waals surface area contributed by atoms with E-state index in [1.54, 1.807) is 6.08 Å². The van der Waals surface area contributed by atoms with Crippen LogP contribution in [0.3, 0.4) is 0 Å². The van der Waals surface area contributed by atoms with E-state index >= 15 is 0 Å². The van der Waals surface area contributed by atoms with Gasteiger partial charge < -0.3 is 14.9 Å². The average Bonchev–Trinajstić information content (AvgIpc) is 2.61. The van der Waals surface area contributed by atoms with Crippen molar-refractivity contribution in [2.45, 2.75) is 20.8 Å². The van der Waals surface area contributed by atoms with Gasteiger partial charge in [-0.1, -0.05) is 30.9 Å². The fourth-order valence-electron chi connectivity index (χ4n) is 2.84. The van der Waals surface area contributed by atoms with Crippen molar-refractivity contribution >= 4 is 5.97 Å². The van der Waals surface area contributed by atoms with Crippen molar-refractivity contribution in [3.8, 4) is 0 Å². The number of carboxylic acid groups (broad SMARTS) is 1. The summed E-state index contributed by atoms with van der Waals surface area (Å²) in [7, 11) is 2.17. The predicted octanol–water partition coefficient (Wildman–Crippen LogP) is 3.16. The lowest BCUT2D eigenvalue weighted by atomic mass is 10.0. The van der Waals surface area contributed by atoms with Crippen molar-refractivity contribution < 1.29 is 9.90 Å². The van der Waals surface area contributed by atoms with Crippen LogP contribution in [0.2, 0.25) is 0 Å². The molecular weight excluding hydrogens is 338 g/mol. The van der Waals surface area contributed by atoms with E-state index in [4.69, 9.17) is 5.11 Å². The Morgan fingerprint density at radius 1 is 1.15 bits per heavy atom. The molecule has 0 atom stereocenters. The molecule has 0 amide bonds. The van der Waals surface area contributed by atoms with Gasteiger partial charge in [0.1, 0.15) is 0 Å². The van der Waals surface area contributed by atoms with Gasteiger partial charge >= 0.3 is 5.97 Å². The normalized spacial score (nSPS) is 17.3. The summed E-state index contributed by atoms with van der Waals surface area (Å²) in [6, 6.07) is 0. The van der Waals surface area contributed by atoms with Crippen LogP contribution in [0.5, 0.6) is 0 Å². The predicted molar refractivity (Wildman–Crippen MR) is 114 cm³/mol. The zero-order valence-electron chi connectivity index (χ0n) is 17.4. The van der Waals surface area contributed by atoms with Crippen molar-refractivity contribution in [1.29, 1.82) is 0 Å². The van der Waals surface area contributed by atoms with Crippen LogP contribution in [0.25, 0.3) is 0 Å². The number of rotatable bonds is 10. The Labute approximate surface area is 164 Å². The molecule has 1 heterocycles. The third-order valence-corrected chi connectivity index (χ3v) is 4.82. The van der Waals surface area contributed by atoms with Crippen LogP contribution in [0.1, 0.15) is 20.8 Å². The second kappa shape index (κ2) is 11.6. The largest absolute Gasteiger partial charge is 0.478 e. The highest BCUT2D eigenvalue weighted by atomic mass is 16.4. The lowest BCUT2D eigenvalue weighted by molar-refractivity contribution is -0.131. The van der Waals surface area contributed by atoms with Gasteiger partial charge in [0.2, 0.25) is 0 Å². The van der Waals surface area contributed by atoms with E-state index in [2.05, 4.69) is 34.9 Å². The molecule has 1 aliphatic rings. The maximum Gasteiger partial charge on any atom is 0.328 e. The van der Waals surface area contributed by atoms with Gasteiger partial charge in [0.15, 0.2) is 0 Å². The van der Waals surface area contributed by atoms with Crippen molar-refractivity contribution in [2.75, 3.05) is 52.9 Å². The van der Waals surface area contributed by atoms with Crippen LogP contribution in [-0.4, -0.2) is 78.6 Å². The molecule has 150 valence electrons. The molecule has 0 radical (unpaired) electrons. The highest BCUT2D eigenvalue weighted by Gasteiger charge is 2.15. The van der Waals surface area contributed by atoms with Crippen molar-refractivity contribution in [3.05, 3.63) is 59.9 Å². The molecule has 1 aliphatic heterocycles. The average molecular weight is 374 g/mol. The fourth-order valence-corrected chi connectivity index (χ4v) is 2.84. The Morgan fingerprint density at radius 3 is 2.26 bits per heavy atom. The first kappa shape index (κ1) is 22.9. The van der Waals surface area contributed by atoms with Gasteiger partial charge in [-0.25, -0.2) is 4.79 Å². The summed E-state index contributed by atoms with van der Waals surface area (Å²) in [6.45, 7) is 21.2. The maximum atomic E-state index is 10.8. The second-order valence-electron chi connectivity index (χ2n) is 7.21. The summed E-state index contributed by atoms with van der Waals surface area (Å²) in [5.41, 5.74) is 3.94. The number of nitrogens with zero attached hydrogens (tertiary/aromatic N) is 3. The molecule has 0 unspecified atom stereocenters. The summed E-state index contributed by atoms with van der Waals surface area (Å²) < 4.78 is 0. The molecule has 0 aromatic carbocycles. The number of piperazine rings is 1. The number of allylic oxidation sites excluding steroid dienone is 5. The first-order valence-corrected chi connectivity index (χ1v) is 9.48. The Kier molecular flexibility index (Phi) is 9.83. The van der Waals surface area contributed by atoms with Gasteiger partial charge in [-0.05, 0) is 45.0 Å². The molecule has 1 fully saturated rings. The molecule has 0 aromatic rings. The zero-order valence-corrected chi connectivity index (χ0v) is 17.4. The van der Waals surface area contributed by atoms with Gasteiger partial charge in [-0.3, -0.25) is 4.90 Å². The van der Waals surface area contributed by atoms with E-state index in [-0.39, 0.29) is 0 Å². The second-order valence-corrected chi connectivity index (χ2v) is 7.21. The fraction of sp³-hybridized carbons (Fsp3) is 0.500. The molecule has 1 saturated heterocycles. The summed E-state index contributed by atoms with van der Waals surface area (Å²) in [4.78, 5) is 17.9. The Bertz CT molecular complexity index is 623. The smallest absolute Gasteiger partial charge is 0.328 e. The molecule has 5 heteroatoms. The minimum absolute atomic E-state index is 0.719. The maximum absolute atomic E-state index is 10.8. The minimum atomic E-state index is -0.949. The van der Waals surface area contributed by atoms with Gasteiger partial charge in [0, 0.05) is 57.6 Å². The molecule has 0 aromatic heterocycles. The van der Waals surface area contributed by atoms with Crippen molar-refractivity contribution in [2.24, 2.45) is 0 Å². The third-order valence-electron chi connectivity index (χ3n) is 4.82. The third kappa shape index (κ3) is 8.89.